The van der Waals surface area contributed by atoms with Gasteiger partial charge in [0.25, 0.3) is 0 Å². The molecule has 1 fully saturated rings. The molecule has 26 heavy (non-hydrogen) atoms. The van der Waals surface area contributed by atoms with Crippen LogP contribution in [0.5, 0.6) is 0 Å². The quantitative estimate of drug-likeness (QED) is 0.811. The van der Waals surface area contributed by atoms with Gasteiger partial charge in [-0.1, -0.05) is 11.6 Å². The van der Waals surface area contributed by atoms with Crippen LogP contribution >= 0.6 is 11.6 Å². The van der Waals surface area contributed by atoms with Crippen LogP contribution < -0.4 is 5.73 Å². The van der Waals surface area contributed by atoms with E-state index < -0.39 is 17.4 Å². The SMILES string of the molecule is NC1=NC2(CCOC3=CC[C@](F)(c4ccc(Cl)cn4)C=C32)C(F)COC1. The van der Waals surface area contributed by atoms with Gasteiger partial charge in [0.1, 0.15) is 23.7 Å². The Balaban J connectivity index is 1.83. The first-order valence-electron chi connectivity index (χ1n) is 8.37. The van der Waals surface area contributed by atoms with Crippen LogP contribution in [0.15, 0.2) is 46.8 Å². The van der Waals surface area contributed by atoms with Crippen molar-refractivity contribution >= 4 is 17.4 Å². The fourth-order valence-electron chi connectivity index (χ4n) is 3.64. The smallest absolute Gasteiger partial charge is 0.175 e. The van der Waals surface area contributed by atoms with Crippen LogP contribution in [-0.2, 0) is 15.1 Å². The Morgan fingerprint density at radius 1 is 1.35 bits per heavy atom. The topological polar surface area (TPSA) is 69.7 Å². The molecule has 2 unspecified atom stereocenters. The van der Waals surface area contributed by atoms with Gasteiger partial charge < -0.3 is 15.2 Å². The lowest BCUT2D eigenvalue weighted by Gasteiger charge is -2.42. The van der Waals surface area contributed by atoms with Crippen molar-refractivity contribution in [1.82, 2.24) is 4.98 Å². The van der Waals surface area contributed by atoms with Gasteiger partial charge in [0.2, 0.25) is 0 Å². The van der Waals surface area contributed by atoms with Gasteiger partial charge in [-0.15, -0.1) is 0 Å². The standard InChI is InChI=1S/C18H18ClF2N3O2/c19-11-1-2-15(23-8-11)17(21)4-3-13-12(7-17)18(5-6-26-13)14(20)9-25-10-16(22)24-18/h1-3,7-8,14H,4-6,9-10H2,(H2,22,24)/t14?,17-,18?/m1/s1. The lowest BCUT2D eigenvalue weighted by Crippen LogP contribution is -2.48. The van der Waals surface area contributed by atoms with E-state index >= 15 is 8.78 Å². The van der Waals surface area contributed by atoms with Crippen LogP contribution in [0.4, 0.5) is 8.78 Å². The van der Waals surface area contributed by atoms with Crippen molar-refractivity contribution in [2.45, 2.75) is 30.2 Å². The van der Waals surface area contributed by atoms with Crippen LogP contribution in [-0.4, -0.2) is 42.4 Å². The Labute approximate surface area is 154 Å². The molecule has 1 spiro atoms. The number of hydrogen-bond donors (Lipinski definition) is 1. The van der Waals surface area contributed by atoms with E-state index in [-0.39, 0.29) is 44.2 Å². The average molecular weight is 382 g/mol. The highest BCUT2D eigenvalue weighted by molar-refractivity contribution is 6.30. The highest BCUT2D eigenvalue weighted by atomic mass is 35.5. The molecule has 0 bridgehead atoms. The molecule has 0 aromatic carbocycles. The first-order valence-corrected chi connectivity index (χ1v) is 8.74. The number of nitrogens with zero attached hydrogens (tertiary/aromatic N) is 2. The molecule has 0 amide bonds. The minimum absolute atomic E-state index is 0.0309. The normalized spacial score (nSPS) is 34.1. The Bertz CT molecular complexity index is 811. The number of rotatable bonds is 1. The van der Waals surface area contributed by atoms with E-state index in [1.807, 2.05) is 0 Å². The molecule has 5 nitrogen and oxygen atoms in total. The zero-order valence-electron chi connectivity index (χ0n) is 13.9. The summed E-state index contributed by atoms with van der Waals surface area (Å²) in [6.45, 7) is 0.168. The monoisotopic (exact) mass is 381 g/mol. The summed E-state index contributed by atoms with van der Waals surface area (Å²) in [7, 11) is 0. The molecule has 1 aliphatic carbocycles. The van der Waals surface area contributed by atoms with E-state index in [4.69, 9.17) is 26.8 Å². The maximum Gasteiger partial charge on any atom is 0.175 e. The second kappa shape index (κ2) is 6.32. The number of aromatic nitrogens is 1. The van der Waals surface area contributed by atoms with E-state index in [0.29, 0.717) is 16.4 Å². The van der Waals surface area contributed by atoms with Crippen molar-refractivity contribution in [3.63, 3.8) is 0 Å². The predicted octanol–water partition coefficient (Wildman–Crippen LogP) is 3.00. The molecule has 1 aromatic rings. The molecule has 3 atom stereocenters. The molecule has 2 aliphatic heterocycles. The summed E-state index contributed by atoms with van der Waals surface area (Å²) < 4.78 is 41.7. The number of alkyl halides is 2. The Kier molecular flexibility index (Phi) is 4.23. The van der Waals surface area contributed by atoms with E-state index in [1.165, 1.54) is 18.3 Å². The first-order chi connectivity index (χ1) is 12.4. The molecule has 2 N–H and O–H groups in total. The second-order valence-electron chi connectivity index (χ2n) is 6.66. The zero-order chi connectivity index (χ0) is 18.4. The van der Waals surface area contributed by atoms with Crippen molar-refractivity contribution in [3.05, 3.63) is 52.5 Å². The third-order valence-corrected chi connectivity index (χ3v) is 5.18. The Morgan fingerprint density at radius 2 is 2.19 bits per heavy atom. The number of hydrogen-bond acceptors (Lipinski definition) is 5. The molecule has 138 valence electrons. The third kappa shape index (κ3) is 2.79. The number of aliphatic imine (C=N–C) groups is 1. The summed E-state index contributed by atoms with van der Waals surface area (Å²) in [4.78, 5) is 8.50. The fraction of sp³-hybridized carbons (Fsp3) is 0.444. The summed E-state index contributed by atoms with van der Waals surface area (Å²) in [6, 6.07) is 3.10. The van der Waals surface area contributed by atoms with Gasteiger partial charge in [-0.05, 0) is 24.3 Å². The van der Waals surface area contributed by atoms with Gasteiger partial charge in [0.05, 0.1) is 23.9 Å². The molecule has 1 aromatic heterocycles. The molecule has 4 rings (SSSR count). The van der Waals surface area contributed by atoms with Crippen molar-refractivity contribution in [2.75, 3.05) is 19.8 Å². The molecule has 8 heteroatoms. The summed E-state index contributed by atoms with van der Waals surface area (Å²) in [5, 5.41) is 0.414. The summed E-state index contributed by atoms with van der Waals surface area (Å²) in [6.07, 6.45) is 3.21. The third-order valence-electron chi connectivity index (χ3n) is 4.96. The molecule has 3 heterocycles. The molecule has 0 saturated carbocycles. The average Bonchev–Trinajstić information content (AvgIpc) is 2.75. The van der Waals surface area contributed by atoms with Crippen molar-refractivity contribution in [2.24, 2.45) is 10.7 Å². The number of fused-ring (bicyclic) bond motifs is 2. The second-order valence-corrected chi connectivity index (χ2v) is 7.10. The minimum Gasteiger partial charge on any atom is -0.493 e. The number of pyridine rings is 1. The van der Waals surface area contributed by atoms with Gasteiger partial charge in [0.15, 0.2) is 11.8 Å². The van der Waals surface area contributed by atoms with E-state index in [9.17, 15) is 0 Å². The number of allylic oxidation sites excluding steroid dienone is 2. The molecule has 0 radical (unpaired) electrons. The Hall–Kier alpha value is -1.99. The summed E-state index contributed by atoms with van der Waals surface area (Å²) in [5.74, 6) is 0.631. The minimum atomic E-state index is -1.91. The molecular weight excluding hydrogens is 364 g/mol. The van der Waals surface area contributed by atoms with Crippen LogP contribution in [0.25, 0.3) is 0 Å². The van der Waals surface area contributed by atoms with Crippen molar-refractivity contribution in [1.29, 1.82) is 0 Å². The van der Waals surface area contributed by atoms with Crippen LogP contribution in [0.2, 0.25) is 5.02 Å². The zero-order valence-corrected chi connectivity index (χ0v) is 14.7. The van der Waals surface area contributed by atoms with E-state index in [2.05, 4.69) is 9.98 Å². The fourth-order valence-corrected chi connectivity index (χ4v) is 3.75. The van der Waals surface area contributed by atoms with Crippen LogP contribution in [0, 0.1) is 0 Å². The summed E-state index contributed by atoms with van der Waals surface area (Å²) in [5.41, 5.74) is 3.20. The van der Waals surface area contributed by atoms with Gasteiger partial charge in [-0.3, -0.25) is 9.98 Å². The van der Waals surface area contributed by atoms with Gasteiger partial charge in [-0.25, -0.2) is 8.78 Å². The lowest BCUT2D eigenvalue weighted by atomic mass is 9.74. The maximum absolute atomic E-state index is 15.8. The number of nitrogens with two attached hydrogens (primary N) is 1. The van der Waals surface area contributed by atoms with Crippen LogP contribution in [0.1, 0.15) is 18.5 Å². The molecule has 1 saturated heterocycles. The predicted molar refractivity (Wildman–Crippen MR) is 93.5 cm³/mol. The largest absolute Gasteiger partial charge is 0.493 e. The highest BCUT2D eigenvalue weighted by Gasteiger charge is 2.51. The molecule has 3 aliphatic rings. The number of halogens is 3. The van der Waals surface area contributed by atoms with Gasteiger partial charge in [0, 0.05) is 24.6 Å². The van der Waals surface area contributed by atoms with E-state index in [0.717, 1.165) is 0 Å². The maximum atomic E-state index is 15.8. The van der Waals surface area contributed by atoms with Crippen LogP contribution in [0.3, 0.4) is 0 Å². The van der Waals surface area contributed by atoms with Crippen molar-refractivity contribution in [3.8, 4) is 0 Å². The van der Waals surface area contributed by atoms with E-state index in [1.54, 1.807) is 12.1 Å². The lowest BCUT2D eigenvalue weighted by molar-refractivity contribution is 0.0506. The van der Waals surface area contributed by atoms with Gasteiger partial charge in [-0.2, -0.15) is 0 Å². The number of ether oxygens (including phenoxy) is 2. The van der Waals surface area contributed by atoms with Gasteiger partial charge >= 0.3 is 0 Å². The highest BCUT2D eigenvalue weighted by Crippen LogP contribution is 2.48. The summed E-state index contributed by atoms with van der Waals surface area (Å²) >= 11 is 5.85. The number of amidine groups is 1. The Morgan fingerprint density at radius 3 is 2.96 bits per heavy atom. The first kappa shape index (κ1) is 17.4. The van der Waals surface area contributed by atoms with Crippen molar-refractivity contribution < 1.29 is 18.3 Å². The molecular formula is C18H18ClF2N3O2.